The number of anilines is 2. The average Bonchev–Trinajstić information content (AvgIpc) is 3.34. The van der Waals surface area contributed by atoms with Crippen molar-refractivity contribution in [3.05, 3.63) is 106 Å². The lowest BCUT2D eigenvalue weighted by Gasteiger charge is -2.28. The van der Waals surface area contributed by atoms with Gasteiger partial charge < -0.3 is 20.5 Å². The molecule has 198 valence electrons. The molecule has 3 N–H and O–H groups in total. The van der Waals surface area contributed by atoms with Gasteiger partial charge in [0.1, 0.15) is 11.8 Å². The van der Waals surface area contributed by atoms with Crippen LogP contribution in [0.25, 0.3) is 0 Å². The van der Waals surface area contributed by atoms with Crippen LogP contribution in [0, 0.1) is 6.92 Å². The number of ether oxygens (including phenoxy) is 1. The molecule has 0 unspecified atom stereocenters. The summed E-state index contributed by atoms with van der Waals surface area (Å²) in [5.74, 6) is 0.360. The van der Waals surface area contributed by atoms with Gasteiger partial charge in [0, 0.05) is 11.4 Å². The summed E-state index contributed by atoms with van der Waals surface area (Å²) in [5, 5.41) is 20.9. The van der Waals surface area contributed by atoms with E-state index in [2.05, 4.69) is 40.7 Å². The van der Waals surface area contributed by atoms with E-state index in [1.54, 1.807) is 36.1 Å². The van der Waals surface area contributed by atoms with Crippen LogP contribution < -0.4 is 15.4 Å². The lowest BCUT2D eigenvalue weighted by Crippen LogP contribution is -2.31. The van der Waals surface area contributed by atoms with Crippen molar-refractivity contribution in [1.29, 1.82) is 0 Å². The first-order valence-corrected chi connectivity index (χ1v) is 13.2. The van der Waals surface area contributed by atoms with Crippen LogP contribution in [0.3, 0.4) is 0 Å². The van der Waals surface area contributed by atoms with Crippen LogP contribution in [0.15, 0.2) is 89.2 Å². The number of methoxy groups -OCH3 is 1. The summed E-state index contributed by atoms with van der Waals surface area (Å²) in [4.78, 5) is 29.9. The van der Waals surface area contributed by atoms with Crippen LogP contribution in [0.5, 0.6) is 5.75 Å². The Kier molecular flexibility index (Phi) is 7.38. The molecule has 0 aliphatic carbocycles. The Morgan fingerprint density at radius 2 is 1.85 bits per heavy atom. The number of carbonyl (C=O) groups excluding carboxylic acids is 1. The predicted octanol–water partition coefficient (Wildman–Crippen LogP) is 5.51. The lowest BCUT2D eigenvalue weighted by atomic mass is 9.94. The molecular weight excluding hydrogens is 514 g/mol. The van der Waals surface area contributed by atoms with E-state index >= 15 is 0 Å². The molecule has 4 aromatic rings. The number of carboxylic acid groups (broad SMARTS) is 1. The zero-order valence-electron chi connectivity index (χ0n) is 21.6. The van der Waals surface area contributed by atoms with Gasteiger partial charge in [-0.1, -0.05) is 65.9 Å². The van der Waals surface area contributed by atoms with E-state index in [4.69, 9.17) is 9.84 Å². The molecule has 0 fully saturated rings. The number of para-hydroxylation sites is 2. The zero-order chi connectivity index (χ0) is 27.5. The van der Waals surface area contributed by atoms with Gasteiger partial charge in [-0.25, -0.2) is 9.48 Å². The minimum atomic E-state index is -1.02. The molecule has 1 amide bonds. The fraction of sp³-hybridized carbons (Fsp3) is 0.172. The number of carboxylic acids is 1. The number of aromatic nitrogens is 3. The van der Waals surface area contributed by atoms with Gasteiger partial charge in [-0.3, -0.25) is 4.79 Å². The Hall–Kier alpha value is -4.57. The second-order valence-electron chi connectivity index (χ2n) is 9.09. The Balaban J connectivity index is 1.51. The summed E-state index contributed by atoms with van der Waals surface area (Å²) in [7, 11) is 1.54. The average molecular weight is 542 g/mol. The number of thioether (sulfide) groups is 1. The smallest absolute Gasteiger partial charge is 0.335 e. The monoisotopic (exact) mass is 541 g/mol. The molecule has 1 aliphatic rings. The van der Waals surface area contributed by atoms with Crippen LogP contribution in [-0.4, -0.2) is 38.9 Å². The maximum Gasteiger partial charge on any atom is 0.335 e. The van der Waals surface area contributed by atoms with Gasteiger partial charge in [0.2, 0.25) is 11.1 Å². The maximum absolute atomic E-state index is 13.7. The first-order chi connectivity index (χ1) is 18.8. The highest BCUT2D eigenvalue weighted by atomic mass is 32.2. The van der Waals surface area contributed by atoms with E-state index in [0.29, 0.717) is 45.1 Å². The molecule has 1 aliphatic heterocycles. The summed E-state index contributed by atoms with van der Waals surface area (Å²) in [5.41, 5.74) is 4.77. The largest absolute Gasteiger partial charge is 0.495 e. The van der Waals surface area contributed by atoms with Crippen LogP contribution in [0.4, 0.5) is 11.6 Å². The summed E-state index contributed by atoms with van der Waals surface area (Å²) in [6, 6.07) is 21.2. The molecule has 0 radical (unpaired) electrons. The van der Waals surface area contributed by atoms with Crippen molar-refractivity contribution < 1.29 is 19.4 Å². The number of aromatic carboxylic acids is 1. The molecule has 0 saturated carbocycles. The Labute approximate surface area is 229 Å². The number of fused-ring (bicyclic) bond motifs is 1. The number of aryl methyl sites for hydroxylation is 1. The van der Waals surface area contributed by atoms with Gasteiger partial charge >= 0.3 is 5.97 Å². The second-order valence-corrected chi connectivity index (χ2v) is 10.0. The molecule has 39 heavy (non-hydrogen) atoms. The minimum Gasteiger partial charge on any atom is -0.495 e. The van der Waals surface area contributed by atoms with Gasteiger partial charge in [0.05, 0.1) is 23.9 Å². The first-order valence-electron chi connectivity index (χ1n) is 12.2. The highest BCUT2D eigenvalue weighted by molar-refractivity contribution is 7.98. The van der Waals surface area contributed by atoms with Crippen molar-refractivity contribution in [2.24, 2.45) is 0 Å². The van der Waals surface area contributed by atoms with E-state index in [0.717, 1.165) is 5.56 Å². The van der Waals surface area contributed by atoms with Gasteiger partial charge in [0.25, 0.3) is 5.91 Å². The molecular formula is C29H27N5O4S. The van der Waals surface area contributed by atoms with Gasteiger partial charge in [-0.05, 0) is 49.2 Å². The number of carbonyl (C=O) groups is 2. The second kappa shape index (κ2) is 11.0. The van der Waals surface area contributed by atoms with Gasteiger partial charge in [-0.15, -0.1) is 5.10 Å². The molecule has 0 bridgehead atoms. The summed E-state index contributed by atoms with van der Waals surface area (Å²) >= 11 is 1.50. The Morgan fingerprint density at radius 3 is 2.56 bits per heavy atom. The summed E-state index contributed by atoms with van der Waals surface area (Å²) < 4.78 is 7.08. The molecule has 2 heterocycles. The first kappa shape index (κ1) is 26.1. The SMILES string of the molecule is COc1ccccc1NC(=O)C1=C(C)Nc2nc(SCc3cccc(C)c3)nn2[C@@H]1c1ccc(C(=O)O)cc1. The molecule has 10 heteroatoms. The number of benzene rings is 3. The van der Waals surface area contributed by atoms with Crippen LogP contribution in [-0.2, 0) is 10.5 Å². The number of hydrogen-bond acceptors (Lipinski definition) is 7. The standard InChI is InChI=1S/C29H27N5O4S/c1-17-7-6-8-19(15-17)16-39-29-32-28-30-18(2)24(26(35)31-22-9-4-5-10-23(22)38-3)25(34(28)33-29)20-11-13-21(14-12-20)27(36)37/h4-15,25H,16H2,1-3H3,(H,31,35)(H,36,37)(H,30,32,33)/t25-/m1/s1. The van der Waals surface area contributed by atoms with Crippen LogP contribution in [0.1, 0.15) is 40.0 Å². The van der Waals surface area contributed by atoms with Crippen molar-refractivity contribution in [1.82, 2.24) is 14.8 Å². The van der Waals surface area contributed by atoms with Crippen molar-refractivity contribution in [3.8, 4) is 5.75 Å². The normalized spacial score (nSPS) is 14.4. The molecule has 1 atom stereocenters. The highest BCUT2D eigenvalue weighted by Crippen LogP contribution is 2.37. The molecule has 0 spiro atoms. The molecule has 1 aromatic heterocycles. The van der Waals surface area contributed by atoms with Crippen molar-refractivity contribution in [2.75, 3.05) is 17.7 Å². The number of hydrogen-bond donors (Lipinski definition) is 3. The van der Waals surface area contributed by atoms with E-state index in [1.165, 1.54) is 29.5 Å². The minimum absolute atomic E-state index is 0.154. The fourth-order valence-corrected chi connectivity index (χ4v) is 5.26. The van der Waals surface area contributed by atoms with Crippen molar-refractivity contribution >= 4 is 35.3 Å². The number of allylic oxidation sites excluding steroid dienone is 1. The van der Waals surface area contributed by atoms with Crippen LogP contribution in [0.2, 0.25) is 0 Å². The van der Waals surface area contributed by atoms with Crippen molar-refractivity contribution in [2.45, 2.75) is 30.8 Å². The Bertz CT molecular complexity index is 1580. The number of rotatable bonds is 8. The van der Waals surface area contributed by atoms with E-state index in [1.807, 2.05) is 25.1 Å². The quantitative estimate of drug-likeness (QED) is 0.250. The predicted molar refractivity (Wildman–Crippen MR) is 150 cm³/mol. The fourth-order valence-electron chi connectivity index (χ4n) is 4.49. The molecule has 9 nitrogen and oxygen atoms in total. The van der Waals surface area contributed by atoms with E-state index in [9.17, 15) is 14.7 Å². The third kappa shape index (κ3) is 5.51. The molecule has 0 saturated heterocycles. The molecule has 5 rings (SSSR count). The van der Waals surface area contributed by atoms with E-state index in [-0.39, 0.29) is 11.5 Å². The number of nitrogens with one attached hydrogen (secondary N) is 2. The van der Waals surface area contributed by atoms with Gasteiger partial charge in [-0.2, -0.15) is 4.98 Å². The topological polar surface area (TPSA) is 118 Å². The zero-order valence-corrected chi connectivity index (χ0v) is 22.5. The molecule has 3 aromatic carbocycles. The number of amides is 1. The van der Waals surface area contributed by atoms with Gasteiger partial charge in [0.15, 0.2) is 0 Å². The van der Waals surface area contributed by atoms with E-state index < -0.39 is 12.0 Å². The van der Waals surface area contributed by atoms with Crippen molar-refractivity contribution in [3.63, 3.8) is 0 Å². The third-order valence-electron chi connectivity index (χ3n) is 6.36. The summed E-state index contributed by atoms with van der Waals surface area (Å²) in [6.07, 6.45) is 0. The van der Waals surface area contributed by atoms with Crippen LogP contribution >= 0.6 is 11.8 Å². The third-order valence-corrected chi connectivity index (χ3v) is 7.27. The lowest BCUT2D eigenvalue weighted by molar-refractivity contribution is -0.113. The maximum atomic E-state index is 13.7. The highest BCUT2D eigenvalue weighted by Gasteiger charge is 2.34. The summed E-state index contributed by atoms with van der Waals surface area (Å²) in [6.45, 7) is 3.87. The Morgan fingerprint density at radius 1 is 1.08 bits per heavy atom. The number of nitrogens with zero attached hydrogens (tertiary/aromatic N) is 3.